The highest BCUT2D eigenvalue weighted by Gasteiger charge is 2.15. The lowest BCUT2D eigenvalue weighted by Gasteiger charge is -2.23. The molecule has 0 atom stereocenters. The highest BCUT2D eigenvalue weighted by atomic mass is 35.5. The van der Waals surface area contributed by atoms with Crippen molar-refractivity contribution in [1.82, 2.24) is 4.90 Å². The molecule has 0 radical (unpaired) electrons. The number of halogens is 2. The first-order chi connectivity index (χ1) is 21.0. The molecular weight excluding hydrogens is 581 g/mol. The molecule has 2 aromatic carbocycles. The lowest BCUT2D eigenvalue weighted by molar-refractivity contribution is -0.884. The van der Waals surface area contributed by atoms with E-state index in [9.17, 15) is 10.4 Å². The van der Waals surface area contributed by atoms with E-state index in [1.54, 1.807) is 24.5 Å². The van der Waals surface area contributed by atoms with E-state index in [2.05, 4.69) is 22.5 Å². The van der Waals surface area contributed by atoms with Crippen molar-refractivity contribution in [2.45, 2.75) is 71.1 Å². The molecule has 0 saturated heterocycles. The van der Waals surface area contributed by atoms with Crippen LogP contribution in [0.5, 0.6) is 0 Å². The third-order valence-corrected chi connectivity index (χ3v) is 8.54. The Morgan fingerprint density at radius 1 is 0.605 bits per heavy atom. The number of fused-ring (bicyclic) bond motifs is 2. The molecule has 0 fully saturated rings. The second-order valence-electron chi connectivity index (χ2n) is 11.3. The van der Waals surface area contributed by atoms with Gasteiger partial charge in [-0.1, -0.05) is 87.9 Å². The average Bonchev–Trinajstić information content (AvgIpc) is 3.00. The van der Waals surface area contributed by atoms with Gasteiger partial charge >= 0.3 is 0 Å². The molecule has 232 valence electrons. The second kappa shape index (κ2) is 17.3. The van der Waals surface area contributed by atoms with Crippen molar-refractivity contribution in [3.05, 3.63) is 71.0 Å². The molecule has 0 saturated carbocycles. The Balaban J connectivity index is 1.31. The Morgan fingerprint density at radius 2 is 1.05 bits per heavy atom. The maximum atomic E-state index is 10.2. The summed E-state index contributed by atoms with van der Waals surface area (Å²) in [6.45, 7) is 6.66. The molecule has 0 aliphatic heterocycles. The summed E-state index contributed by atoms with van der Waals surface area (Å²) in [6, 6.07) is 14.9. The standard InChI is InChI=1S/C34H45Cl2N5O2/c1-2-3-4-5-6-7-8-9-10-11-20-39(23-18-37-31-16-21-40(42)33-25-27(35)12-14-29(31)33)24-19-38-32-17-22-41(43)34-26-28(36)13-15-30(32)34/h12-17,21-22,25-26,42-43H,2-11,18-20,23-24H2,1H3/p+2. The van der Waals surface area contributed by atoms with Gasteiger partial charge in [0.2, 0.25) is 12.4 Å². The lowest BCUT2D eigenvalue weighted by atomic mass is 10.1. The summed E-state index contributed by atoms with van der Waals surface area (Å²) in [5, 5.41) is 30.7. The van der Waals surface area contributed by atoms with Crippen LogP contribution in [0.4, 0.5) is 11.4 Å². The monoisotopic (exact) mass is 627 g/mol. The van der Waals surface area contributed by atoms with Gasteiger partial charge in [-0.05, 0) is 37.2 Å². The normalized spacial score (nSPS) is 11.5. The molecule has 4 aromatic rings. The van der Waals surface area contributed by atoms with Crippen molar-refractivity contribution in [3.8, 4) is 0 Å². The fourth-order valence-corrected chi connectivity index (χ4v) is 5.97. The van der Waals surface area contributed by atoms with Gasteiger partial charge in [-0.2, -0.15) is 0 Å². The second-order valence-corrected chi connectivity index (χ2v) is 12.2. The number of unbranched alkanes of at least 4 members (excludes halogenated alkanes) is 9. The van der Waals surface area contributed by atoms with Crippen LogP contribution in [0.1, 0.15) is 71.1 Å². The van der Waals surface area contributed by atoms with E-state index in [1.165, 1.54) is 64.2 Å². The zero-order chi connectivity index (χ0) is 30.4. The maximum Gasteiger partial charge on any atom is 0.268 e. The van der Waals surface area contributed by atoms with Crippen molar-refractivity contribution in [2.24, 2.45) is 0 Å². The van der Waals surface area contributed by atoms with Gasteiger partial charge in [-0.3, -0.25) is 15.3 Å². The minimum Gasteiger partial charge on any atom is -0.383 e. The van der Waals surface area contributed by atoms with Crippen molar-refractivity contribution < 1.29 is 19.9 Å². The number of rotatable bonds is 19. The topological polar surface area (TPSA) is 75.5 Å². The predicted molar refractivity (Wildman–Crippen MR) is 178 cm³/mol. The van der Waals surface area contributed by atoms with Crippen molar-refractivity contribution in [2.75, 3.05) is 43.4 Å². The van der Waals surface area contributed by atoms with Gasteiger partial charge in [0.15, 0.2) is 0 Å². The average molecular weight is 629 g/mol. The minimum absolute atomic E-state index is 0.589. The Kier molecular flexibility index (Phi) is 13.3. The number of anilines is 2. The number of hydrogen-bond donors (Lipinski definition) is 4. The summed E-state index contributed by atoms with van der Waals surface area (Å²) in [5.74, 6) is 0. The molecule has 0 bridgehead atoms. The van der Waals surface area contributed by atoms with Gasteiger partial charge < -0.3 is 10.6 Å². The molecule has 2 aromatic heterocycles. The summed E-state index contributed by atoms with van der Waals surface area (Å²) in [5.41, 5.74) is 3.29. The summed E-state index contributed by atoms with van der Waals surface area (Å²) >= 11 is 12.3. The summed E-state index contributed by atoms with van der Waals surface area (Å²) in [6.07, 6.45) is 16.5. The van der Waals surface area contributed by atoms with Crippen LogP contribution in [0, 0.1) is 0 Å². The van der Waals surface area contributed by atoms with Crippen LogP contribution >= 0.6 is 23.2 Å². The van der Waals surface area contributed by atoms with E-state index in [4.69, 9.17) is 23.2 Å². The first-order valence-electron chi connectivity index (χ1n) is 15.8. The lowest BCUT2D eigenvalue weighted by Crippen LogP contribution is -2.35. The molecule has 9 heteroatoms. The van der Waals surface area contributed by atoms with E-state index < -0.39 is 0 Å². The number of hydrogen-bond acceptors (Lipinski definition) is 5. The fraction of sp³-hybridized carbons (Fsp3) is 0.471. The van der Waals surface area contributed by atoms with E-state index in [0.717, 1.165) is 64.3 Å². The first kappa shape index (κ1) is 32.9. The molecule has 0 amide bonds. The quantitative estimate of drug-likeness (QED) is 0.0480. The fourth-order valence-electron chi connectivity index (χ4n) is 5.64. The molecule has 0 aliphatic carbocycles. The SMILES string of the molecule is CCCCCCCCCCCCN(CCNc1cc[n+](O)c2cc(Cl)ccc12)CCNc1cc[n+](O)c2cc(Cl)ccc12. The van der Waals surface area contributed by atoms with Gasteiger partial charge in [-0.15, -0.1) is 0 Å². The largest absolute Gasteiger partial charge is 0.383 e. The number of nitrogens with one attached hydrogen (secondary N) is 2. The molecule has 0 aliphatic rings. The van der Waals surface area contributed by atoms with Crippen LogP contribution in [-0.4, -0.2) is 48.0 Å². The van der Waals surface area contributed by atoms with Crippen molar-refractivity contribution in [1.29, 1.82) is 0 Å². The maximum absolute atomic E-state index is 10.2. The van der Waals surface area contributed by atoms with Gasteiger partial charge in [0.1, 0.15) is 0 Å². The van der Waals surface area contributed by atoms with Gasteiger partial charge in [0.05, 0.1) is 22.1 Å². The Bertz CT molecular complexity index is 1350. The van der Waals surface area contributed by atoms with Gasteiger partial charge in [-0.25, -0.2) is 0 Å². The van der Waals surface area contributed by atoms with Crippen LogP contribution in [0.15, 0.2) is 60.9 Å². The molecular formula is C34H47Cl2N5O2+2. The Morgan fingerprint density at radius 3 is 1.51 bits per heavy atom. The third kappa shape index (κ3) is 10.0. The Labute approximate surface area is 266 Å². The minimum atomic E-state index is 0.589. The van der Waals surface area contributed by atoms with Crippen LogP contribution < -0.4 is 20.1 Å². The molecule has 4 rings (SSSR count). The van der Waals surface area contributed by atoms with Gasteiger partial charge in [0, 0.05) is 70.0 Å². The number of pyridine rings is 2. The van der Waals surface area contributed by atoms with Crippen LogP contribution in [0.25, 0.3) is 21.8 Å². The Hall–Kier alpha value is -3.00. The van der Waals surface area contributed by atoms with Crippen molar-refractivity contribution in [3.63, 3.8) is 0 Å². The summed E-state index contributed by atoms with van der Waals surface area (Å²) in [4.78, 5) is 2.51. The number of benzene rings is 2. The molecule has 2 heterocycles. The van der Waals surface area contributed by atoms with E-state index >= 15 is 0 Å². The molecule has 4 N–H and O–H groups in total. The van der Waals surface area contributed by atoms with Crippen molar-refractivity contribution >= 4 is 56.4 Å². The number of nitrogens with zero attached hydrogens (tertiary/aromatic N) is 3. The third-order valence-electron chi connectivity index (χ3n) is 8.07. The molecule has 0 spiro atoms. The molecule has 7 nitrogen and oxygen atoms in total. The highest BCUT2D eigenvalue weighted by Crippen LogP contribution is 2.24. The van der Waals surface area contributed by atoms with Crippen LogP contribution in [-0.2, 0) is 0 Å². The van der Waals surface area contributed by atoms with E-state index in [0.29, 0.717) is 21.1 Å². The number of aromatic nitrogens is 2. The van der Waals surface area contributed by atoms with Crippen LogP contribution in [0.3, 0.4) is 0 Å². The zero-order valence-electron chi connectivity index (χ0n) is 25.4. The molecule has 43 heavy (non-hydrogen) atoms. The van der Waals surface area contributed by atoms with E-state index in [-0.39, 0.29) is 0 Å². The highest BCUT2D eigenvalue weighted by molar-refractivity contribution is 6.31. The van der Waals surface area contributed by atoms with E-state index in [1.807, 2.05) is 36.4 Å². The van der Waals surface area contributed by atoms with Gasteiger partial charge in [0.25, 0.3) is 11.0 Å². The summed E-state index contributed by atoms with van der Waals surface area (Å²) in [7, 11) is 0. The summed E-state index contributed by atoms with van der Waals surface area (Å²) < 4.78 is 2.21. The zero-order valence-corrected chi connectivity index (χ0v) is 26.9. The predicted octanol–water partition coefficient (Wildman–Crippen LogP) is 8.10. The molecule has 0 unspecified atom stereocenters. The van der Waals surface area contributed by atoms with Crippen LogP contribution in [0.2, 0.25) is 10.0 Å². The smallest absolute Gasteiger partial charge is 0.268 e. The first-order valence-corrected chi connectivity index (χ1v) is 16.6.